The van der Waals surface area contributed by atoms with Crippen LogP contribution in [0.5, 0.6) is 0 Å². The Morgan fingerprint density at radius 3 is 2.60 bits per heavy atom. The SMILES string of the molecule is CNc1cc(C(=O)NC(C)C)cc(C)n1. The van der Waals surface area contributed by atoms with Crippen molar-refractivity contribution in [3.05, 3.63) is 23.4 Å². The van der Waals surface area contributed by atoms with E-state index in [0.717, 1.165) is 5.69 Å². The summed E-state index contributed by atoms with van der Waals surface area (Å²) < 4.78 is 0. The van der Waals surface area contributed by atoms with Crippen LogP contribution in [0.15, 0.2) is 12.1 Å². The molecule has 0 aliphatic carbocycles. The number of anilines is 1. The van der Waals surface area contributed by atoms with Gasteiger partial charge in [-0.15, -0.1) is 0 Å². The maximum atomic E-state index is 11.7. The van der Waals surface area contributed by atoms with Crippen molar-refractivity contribution in [1.82, 2.24) is 10.3 Å². The summed E-state index contributed by atoms with van der Waals surface area (Å²) in [7, 11) is 1.78. The first-order chi connectivity index (χ1) is 7.02. The van der Waals surface area contributed by atoms with Crippen LogP contribution in [0.3, 0.4) is 0 Å². The van der Waals surface area contributed by atoms with Gasteiger partial charge in [0.05, 0.1) is 0 Å². The average Bonchev–Trinajstić information content (AvgIpc) is 2.15. The molecule has 0 spiro atoms. The smallest absolute Gasteiger partial charge is 0.251 e. The molecule has 1 aromatic rings. The van der Waals surface area contributed by atoms with Crippen molar-refractivity contribution in [2.24, 2.45) is 0 Å². The molecule has 0 aromatic carbocycles. The lowest BCUT2D eigenvalue weighted by atomic mass is 10.2. The number of hydrogen-bond donors (Lipinski definition) is 2. The van der Waals surface area contributed by atoms with Gasteiger partial charge in [0.15, 0.2) is 0 Å². The highest BCUT2D eigenvalue weighted by Crippen LogP contribution is 2.09. The molecule has 1 aromatic heterocycles. The van der Waals surface area contributed by atoms with Gasteiger partial charge in [-0.3, -0.25) is 4.79 Å². The first kappa shape index (κ1) is 11.5. The predicted octanol–water partition coefficient (Wildman–Crippen LogP) is 1.57. The Kier molecular flexibility index (Phi) is 3.66. The normalized spacial score (nSPS) is 10.2. The van der Waals surface area contributed by atoms with E-state index >= 15 is 0 Å². The Balaban J connectivity index is 2.93. The Morgan fingerprint density at radius 1 is 1.40 bits per heavy atom. The van der Waals surface area contributed by atoms with Crippen LogP contribution in [0.25, 0.3) is 0 Å². The molecular formula is C11H17N3O. The molecule has 15 heavy (non-hydrogen) atoms. The summed E-state index contributed by atoms with van der Waals surface area (Å²) in [5, 5.41) is 5.77. The third-order valence-electron chi connectivity index (χ3n) is 1.89. The molecule has 4 heteroatoms. The number of amides is 1. The first-order valence-electron chi connectivity index (χ1n) is 5.00. The zero-order valence-corrected chi connectivity index (χ0v) is 9.59. The molecular weight excluding hydrogens is 190 g/mol. The molecule has 0 unspecified atom stereocenters. The lowest BCUT2D eigenvalue weighted by Crippen LogP contribution is -2.30. The highest BCUT2D eigenvalue weighted by molar-refractivity contribution is 5.95. The summed E-state index contributed by atoms with van der Waals surface area (Å²) in [5.74, 6) is 0.649. The lowest BCUT2D eigenvalue weighted by molar-refractivity contribution is 0.0943. The van der Waals surface area contributed by atoms with Crippen LogP contribution in [0.1, 0.15) is 29.9 Å². The van der Waals surface area contributed by atoms with E-state index in [-0.39, 0.29) is 11.9 Å². The topological polar surface area (TPSA) is 54.0 Å². The summed E-state index contributed by atoms with van der Waals surface area (Å²) in [6.07, 6.45) is 0. The van der Waals surface area contributed by atoms with Gasteiger partial charge in [0.1, 0.15) is 5.82 Å². The summed E-state index contributed by atoms with van der Waals surface area (Å²) in [6.45, 7) is 5.74. The van der Waals surface area contributed by atoms with Crippen LogP contribution >= 0.6 is 0 Å². The van der Waals surface area contributed by atoms with E-state index < -0.39 is 0 Å². The number of nitrogens with zero attached hydrogens (tertiary/aromatic N) is 1. The molecule has 0 aliphatic heterocycles. The zero-order valence-electron chi connectivity index (χ0n) is 9.59. The second-order valence-corrected chi connectivity index (χ2v) is 3.76. The summed E-state index contributed by atoms with van der Waals surface area (Å²) in [5.41, 5.74) is 1.47. The van der Waals surface area contributed by atoms with Crippen LogP contribution in [0, 0.1) is 6.92 Å². The summed E-state index contributed by atoms with van der Waals surface area (Å²) in [4.78, 5) is 15.9. The Bertz CT molecular complexity index is 361. The second kappa shape index (κ2) is 4.77. The quantitative estimate of drug-likeness (QED) is 0.791. The molecule has 0 fully saturated rings. The van der Waals surface area contributed by atoms with Crippen molar-refractivity contribution in [2.45, 2.75) is 26.8 Å². The van der Waals surface area contributed by atoms with Gasteiger partial charge in [0.25, 0.3) is 5.91 Å². The van der Waals surface area contributed by atoms with Crippen LogP contribution < -0.4 is 10.6 Å². The Morgan fingerprint density at radius 2 is 2.07 bits per heavy atom. The Hall–Kier alpha value is -1.58. The van der Waals surface area contributed by atoms with E-state index in [4.69, 9.17) is 0 Å². The van der Waals surface area contributed by atoms with Crippen LogP contribution in [-0.4, -0.2) is 24.0 Å². The lowest BCUT2D eigenvalue weighted by Gasteiger charge is -2.09. The van der Waals surface area contributed by atoms with Gasteiger partial charge in [-0.2, -0.15) is 0 Å². The second-order valence-electron chi connectivity index (χ2n) is 3.76. The van der Waals surface area contributed by atoms with Gasteiger partial charge in [-0.25, -0.2) is 4.98 Å². The van der Waals surface area contributed by atoms with Crippen molar-refractivity contribution >= 4 is 11.7 Å². The molecule has 0 saturated heterocycles. The fourth-order valence-electron chi connectivity index (χ4n) is 1.27. The van der Waals surface area contributed by atoms with Crippen LogP contribution in [0.2, 0.25) is 0 Å². The van der Waals surface area contributed by atoms with E-state index in [2.05, 4.69) is 15.6 Å². The number of rotatable bonds is 3. The van der Waals surface area contributed by atoms with Gasteiger partial charge >= 0.3 is 0 Å². The first-order valence-corrected chi connectivity index (χ1v) is 5.00. The number of nitrogens with one attached hydrogen (secondary N) is 2. The zero-order chi connectivity index (χ0) is 11.4. The van der Waals surface area contributed by atoms with Crippen molar-refractivity contribution in [1.29, 1.82) is 0 Å². The molecule has 0 saturated carbocycles. The number of hydrogen-bond acceptors (Lipinski definition) is 3. The highest BCUT2D eigenvalue weighted by Gasteiger charge is 2.08. The number of aromatic nitrogens is 1. The molecule has 82 valence electrons. The predicted molar refractivity (Wildman–Crippen MR) is 61.1 cm³/mol. The minimum Gasteiger partial charge on any atom is -0.373 e. The van der Waals surface area contributed by atoms with Gasteiger partial charge in [0, 0.05) is 24.3 Å². The van der Waals surface area contributed by atoms with Crippen molar-refractivity contribution in [3.63, 3.8) is 0 Å². The number of aryl methyl sites for hydroxylation is 1. The Labute approximate surface area is 90.1 Å². The average molecular weight is 207 g/mol. The molecule has 0 radical (unpaired) electrons. The van der Waals surface area contributed by atoms with Gasteiger partial charge in [-0.1, -0.05) is 0 Å². The third-order valence-corrected chi connectivity index (χ3v) is 1.89. The van der Waals surface area contributed by atoms with E-state index in [1.807, 2.05) is 20.8 Å². The van der Waals surface area contributed by atoms with Crippen molar-refractivity contribution < 1.29 is 4.79 Å². The minimum atomic E-state index is -0.0630. The van der Waals surface area contributed by atoms with Gasteiger partial charge < -0.3 is 10.6 Å². The summed E-state index contributed by atoms with van der Waals surface area (Å²) in [6, 6.07) is 3.66. The highest BCUT2D eigenvalue weighted by atomic mass is 16.1. The number of carbonyl (C=O) groups excluding carboxylic acids is 1. The van der Waals surface area contributed by atoms with E-state index in [1.54, 1.807) is 19.2 Å². The molecule has 0 atom stereocenters. The molecule has 0 aliphatic rings. The van der Waals surface area contributed by atoms with E-state index in [9.17, 15) is 4.79 Å². The fraction of sp³-hybridized carbons (Fsp3) is 0.455. The van der Waals surface area contributed by atoms with E-state index in [0.29, 0.717) is 11.4 Å². The third kappa shape index (κ3) is 3.23. The molecule has 0 bridgehead atoms. The maximum Gasteiger partial charge on any atom is 0.251 e. The van der Waals surface area contributed by atoms with Crippen LogP contribution in [0.4, 0.5) is 5.82 Å². The van der Waals surface area contributed by atoms with Crippen LogP contribution in [-0.2, 0) is 0 Å². The largest absolute Gasteiger partial charge is 0.373 e. The molecule has 1 amide bonds. The van der Waals surface area contributed by atoms with Gasteiger partial charge in [-0.05, 0) is 32.9 Å². The monoisotopic (exact) mass is 207 g/mol. The maximum absolute atomic E-state index is 11.7. The molecule has 1 rings (SSSR count). The molecule has 1 heterocycles. The van der Waals surface area contributed by atoms with Crippen molar-refractivity contribution in [3.8, 4) is 0 Å². The standard InChI is InChI=1S/C11H17N3O/c1-7(2)13-11(15)9-5-8(3)14-10(6-9)12-4/h5-7H,1-4H3,(H,12,14)(H,13,15). The molecule has 4 nitrogen and oxygen atoms in total. The number of pyridine rings is 1. The fourth-order valence-corrected chi connectivity index (χ4v) is 1.27. The number of carbonyl (C=O) groups is 1. The van der Waals surface area contributed by atoms with E-state index in [1.165, 1.54) is 0 Å². The summed E-state index contributed by atoms with van der Waals surface area (Å²) >= 11 is 0. The van der Waals surface area contributed by atoms with Crippen molar-refractivity contribution in [2.75, 3.05) is 12.4 Å². The minimum absolute atomic E-state index is 0.0630. The van der Waals surface area contributed by atoms with Gasteiger partial charge in [0.2, 0.25) is 0 Å². The molecule has 2 N–H and O–H groups in total.